The van der Waals surface area contributed by atoms with E-state index in [4.69, 9.17) is 18.0 Å². The fraction of sp³-hybridized carbons (Fsp3) is 0.200. The summed E-state index contributed by atoms with van der Waals surface area (Å²) in [6.07, 6.45) is 4.27. The molecule has 3 N–H and O–H groups in total. The fourth-order valence-electron chi connectivity index (χ4n) is 1.24. The summed E-state index contributed by atoms with van der Waals surface area (Å²) in [4.78, 5) is 12.7. The summed E-state index contributed by atoms with van der Waals surface area (Å²) in [5, 5.41) is 6.15. The van der Waals surface area contributed by atoms with Crippen molar-refractivity contribution in [3.05, 3.63) is 34.5 Å². The number of nitrogens with two attached hydrogens (primary N) is 1. The fourth-order valence-corrected chi connectivity index (χ4v) is 1.97. The standard InChI is InChI=1S/C10H11N5S2/c11-9(16)7-1-3-13-10(15-7)14-4-2-8-12-5-6-17-8/h1,3,5-6H,2,4H2,(H2,11,16)(H,13,14,15). The van der Waals surface area contributed by atoms with Gasteiger partial charge in [-0.25, -0.2) is 15.0 Å². The number of nitrogens with zero attached hydrogens (tertiary/aromatic N) is 3. The second-order valence-corrected chi connectivity index (χ2v) is 4.65. The van der Waals surface area contributed by atoms with Crippen LogP contribution in [0.4, 0.5) is 5.95 Å². The van der Waals surface area contributed by atoms with Crippen molar-refractivity contribution in [3.63, 3.8) is 0 Å². The molecule has 0 spiro atoms. The molecule has 0 aliphatic carbocycles. The van der Waals surface area contributed by atoms with Crippen LogP contribution in [0, 0.1) is 0 Å². The predicted molar refractivity (Wildman–Crippen MR) is 72.2 cm³/mol. The van der Waals surface area contributed by atoms with E-state index in [1.165, 1.54) is 0 Å². The van der Waals surface area contributed by atoms with Crippen LogP contribution >= 0.6 is 23.6 Å². The smallest absolute Gasteiger partial charge is 0.223 e. The molecule has 7 heteroatoms. The Morgan fingerprint density at radius 2 is 2.29 bits per heavy atom. The zero-order valence-corrected chi connectivity index (χ0v) is 10.6. The molecule has 0 unspecified atom stereocenters. The largest absolute Gasteiger partial charge is 0.388 e. The maximum absolute atomic E-state index is 5.49. The molecule has 0 atom stereocenters. The van der Waals surface area contributed by atoms with Crippen molar-refractivity contribution in [2.24, 2.45) is 5.73 Å². The highest BCUT2D eigenvalue weighted by Gasteiger charge is 2.01. The maximum atomic E-state index is 5.49. The SMILES string of the molecule is NC(=S)c1ccnc(NCCc2nccs2)n1. The normalized spacial score (nSPS) is 10.1. The van der Waals surface area contributed by atoms with Crippen molar-refractivity contribution in [3.8, 4) is 0 Å². The Morgan fingerprint density at radius 1 is 1.41 bits per heavy atom. The molecule has 2 heterocycles. The summed E-state index contributed by atoms with van der Waals surface area (Å²) in [6, 6.07) is 1.69. The number of hydrogen-bond acceptors (Lipinski definition) is 6. The van der Waals surface area contributed by atoms with Gasteiger partial charge >= 0.3 is 0 Å². The molecule has 2 aromatic heterocycles. The van der Waals surface area contributed by atoms with Crippen molar-refractivity contribution < 1.29 is 0 Å². The molecule has 0 aromatic carbocycles. The molecule has 0 aliphatic rings. The lowest BCUT2D eigenvalue weighted by molar-refractivity contribution is 0.968. The van der Waals surface area contributed by atoms with Crippen LogP contribution in [0.15, 0.2) is 23.8 Å². The molecule has 88 valence electrons. The average Bonchev–Trinajstić information content (AvgIpc) is 2.82. The second-order valence-electron chi connectivity index (χ2n) is 3.23. The summed E-state index contributed by atoms with van der Waals surface area (Å²) < 4.78 is 0. The van der Waals surface area contributed by atoms with Gasteiger partial charge in [0.15, 0.2) is 0 Å². The summed E-state index contributed by atoms with van der Waals surface area (Å²) in [5.74, 6) is 0.534. The van der Waals surface area contributed by atoms with Crippen molar-refractivity contribution in [2.75, 3.05) is 11.9 Å². The van der Waals surface area contributed by atoms with Gasteiger partial charge in [-0.05, 0) is 6.07 Å². The van der Waals surface area contributed by atoms with Gasteiger partial charge in [0, 0.05) is 30.7 Å². The number of nitrogens with one attached hydrogen (secondary N) is 1. The molecule has 0 amide bonds. The number of rotatable bonds is 5. The van der Waals surface area contributed by atoms with E-state index in [2.05, 4.69) is 20.3 Å². The van der Waals surface area contributed by atoms with Crippen molar-refractivity contribution >= 4 is 34.5 Å². The summed E-state index contributed by atoms with van der Waals surface area (Å²) >= 11 is 6.48. The first-order valence-corrected chi connectivity index (χ1v) is 6.29. The Hall–Kier alpha value is -1.60. The van der Waals surface area contributed by atoms with Crippen LogP contribution in [-0.2, 0) is 6.42 Å². The van der Waals surface area contributed by atoms with Gasteiger partial charge < -0.3 is 11.1 Å². The molecule has 2 rings (SSSR count). The minimum Gasteiger partial charge on any atom is -0.388 e. The topological polar surface area (TPSA) is 76.7 Å². The van der Waals surface area contributed by atoms with Gasteiger partial charge in [0.25, 0.3) is 0 Å². The highest BCUT2D eigenvalue weighted by Crippen LogP contribution is 2.05. The Morgan fingerprint density at radius 3 is 3.00 bits per heavy atom. The molecule has 17 heavy (non-hydrogen) atoms. The molecule has 2 aromatic rings. The minimum atomic E-state index is 0.273. The molecule has 0 fully saturated rings. The molecular formula is C10H11N5S2. The first-order chi connectivity index (χ1) is 8.25. The van der Waals surface area contributed by atoms with E-state index < -0.39 is 0 Å². The van der Waals surface area contributed by atoms with Gasteiger partial charge in [-0.3, -0.25) is 0 Å². The van der Waals surface area contributed by atoms with E-state index >= 15 is 0 Å². The van der Waals surface area contributed by atoms with Gasteiger partial charge in [0.2, 0.25) is 5.95 Å². The van der Waals surface area contributed by atoms with E-state index in [0.29, 0.717) is 11.6 Å². The molecular weight excluding hydrogens is 254 g/mol. The van der Waals surface area contributed by atoms with Gasteiger partial charge in [0.1, 0.15) is 10.7 Å². The maximum Gasteiger partial charge on any atom is 0.223 e. The number of thiocarbonyl (C=S) groups is 1. The first-order valence-electron chi connectivity index (χ1n) is 5.01. The molecule has 0 aliphatic heterocycles. The number of thiazole rings is 1. The van der Waals surface area contributed by atoms with Gasteiger partial charge in [-0.1, -0.05) is 12.2 Å². The number of aromatic nitrogens is 3. The van der Waals surface area contributed by atoms with Gasteiger partial charge in [0.05, 0.1) is 5.01 Å². The zero-order valence-electron chi connectivity index (χ0n) is 8.96. The Bertz CT molecular complexity index is 497. The van der Waals surface area contributed by atoms with Crippen LogP contribution in [-0.4, -0.2) is 26.5 Å². The third-order valence-electron chi connectivity index (χ3n) is 2.01. The summed E-state index contributed by atoms with van der Waals surface area (Å²) in [6.45, 7) is 0.730. The number of anilines is 1. The van der Waals surface area contributed by atoms with Crippen LogP contribution in [0.5, 0.6) is 0 Å². The van der Waals surface area contributed by atoms with Crippen LogP contribution in [0.2, 0.25) is 0 Å². The van der Waals surface area contributed by atoms with E-state index in [1.807, 2.05) is 5.38 Å². The average molecular weight is 265 g/mol. The van der Waals surface area contributed by atoms with E-state index in [9.17, 15) is 0 Å². The Kier molecular flexibility index (Phi) is 3.94. The van der Waals surface area contributed by atoms with E-state index in [1.54, 1.807) is 29.8 Å². The molecule has 0 saturated carbocycles. The van der Waals surface area contributed by atoms with E-state index in [-0.39, 0.29) is 4.99 Å². The van der Waals surface area contributed by atoms with Gasteiger partial charge in [-0.15, -0.1) is 11.3 Å². The first kappa shape index (κ1) is 11.9. The molecule has 0 radical (unpaired) electrons. The minimum absolute atomic E-state index is 0.273. The summed E-state index contributed by atoms with van der Waals surface area (Å²) in [5.41, 5.74) is 6.07. The van der Waals surface area contributed by atoms with Crippen LogP contribution in [0.3, 0.4) is 0 Å². The highest BCUT2D eigenvalue weighted by molar-refractivity contribution is 7.80. The zero-order chi connectivity index (χ0) is 12.1. The Labute approximate surface area is 108 Å². The lowest BCUT2D eigenvalue weighted by Crippen LogP contribution is -2.14. The van der Waals surface area contributed by atoms with E-state index in [0.717, 1.165) is 18.0 Å². The third kappa shape index (κ3) is 3.43. The van der Waals surface area contributed by atoms with Crippen LogP contribution in [0.25, 0.3) is 0 Å². The van der Waals surface area contributed by atoms with Gasteiger partial charge in [-0.2, -0.15) is 0 Å². The predicted octanol–water partition coefficient (Wildman–Crippen LogP) is 1.22. The second kappa shape index (κ2) is 5.65. The van der Waals surface area contributed by atoms with Crippen LogP contribution < -0.4 is 11.1 Å². The Balaban J connectivity index is 1.90. The molecule has 5 nitrogen and oxygen atoms in total. The quantitative estimate of drug-likeness (QED) is 0.792. The molecule has 0 saturated heterocycles. The van der Waals surface area contributed by atoms with Crippen molar-refractivity contribution in [2.45, 2.75) is 6.42 Å². The lowest BCUT2D eigenvalue weighted by Gasteiger charge is -2.04. The third-order valence-corrected chi connectivity index (χ3v) is 3.06. The highest BCUT2D eigenvalue weighted by atomic mass is 32.1. The molecule has 0 bridgehead atoms. The monoisotopic (exact) mass is 265 g/mol. The lowest BCUT2D eigenvalue weighted by atomic mass is 10.4. The van der Waals surface area contributed by atoms with Crippen LogP contribution in [0.1, 0.15) is 10.7 Å². The number of hydrogen-bond donors (Lipinski definition) is 2. The van der Waals surface area contributed by atoms with Crippen molar-refractivity contribution in [1.29, 1.82) is 0 Å². The van der Waals surface area contributed by atoms with Crippen molar-refractivity contribution in [1.82, 2.24) is 15.0 Å². The summed E-state index contributed by atoms with van der Waals surface area (Å²) in [7, 11) is 0.